The summed E-state index contributed by atoms with van der Waals surface area (Å²) in [6, 6.07) is 4.53. The molecule has 1 fully saturated rings. The average Bonchev–Trinajstić information content (AvgIpc) is 2.94. The van der Waals surface area contributed by atoms with E-state index in [-0.39, 0.29) is 24.8 Å². The first kappa shape index (κ1) is 17.5. The Balaban J connectivity index is 1.77. The molecule has 1 aromatic carbocycles. The molecule has 23 heavy (non-hydrogen) atoms. The predicted octanol–water partition coefficient (Wildman–Crippen LogP) is 0.516. The van der Waals surface area contributed by atoms with Gasteiger partial charge in [0.2, 0.25) is 11.8 Å². The molecule has 1 heterocycles. The molecule has 1 aliphatic heterocycles. The number of methoxy groups -OCH3 is 1. The summed E-state index contributed by atoms with van der Waals surface area (Å²) in [6.07, 6.45) is 0.0124. The first-order valence-electron chi connectivity index (χ1n) is 7.32. The summed E-state index contributed by atoms with van der Waals surface area (Å²) in [7, 11) is 1.50. The minimum atomic E-state index is -0.496. The summed E-state index contributed by atoms with van der Waals surface area (Å²) >= 11 is 5.90. The van der Waals surface area contributed by atoms with Crippen molar-refractivity contribution in [2.24, 2.45) is 0 Å². The maximum Gasteiger partial charge on any atom is 0.237 e. The van der Waals surface area contributed by atoms with Crippen LogP contribution in [-0.4, -0.2) is 49.3 Å². The second kappa shape index (κ2) is 8.14. The van der Waals surface area contributed by atoms with Crippen LogP contribution in [0.5, 0.6) is 5.75 Å². The van der Waals surface area contributed by atoms with E-state index in [2.05, 4.69) is 16.0 Å². The number of carbonyl (C=O) groups excluding carboxylic acids is 2. The minimum absolute atomic E-state index is 0.122. The molecule has 7 nitrogen and oxygen atoms in total. The lowest BCUT2D eigenvalue weighted by Crippen LogP contribution is -2.41. The van der Waals surface area contributed by atoms with Crippen LogP contribution < -0.4 is 20.7 Å². The molecular weight excluding hydrogens is 322 g/mol. The Morgan fingerprint density at radius 2 is 2.26 bits per heavy atom. The molecule has 0 aromatic heterocycles. The van der Waals surface area contributed by atoms with Gasteiger partial charge in [-0.2, -0.15) is 0 Å². The van der Waals surface area contributed by atoms with Gasteiger partial charge in [-0.1, -0.05) is 11.6 Å². The van der Waals surface area contributed by atoms with Crippen LogP contribution in [0.1, 0.15) is 12.8 Å². The Morgan fingerprint density at radius 1 is 1.48 bits per heavy atom. The van der Waals surface area contributed by atoms with Crippen molar-refractivity contribution in [3.63, 3.8) is 0 Å². The third-order valence-electron chi connectivity index (χ3n) is 3.51. The van der Waals surface area contributed by atoms with E-state index in [4.69, 9.17) is 16.3 Å². The van der Waals surface area contributed by atoms with E-state index < -0.39 is 12.1 Å². The monoisotopic (exact) mass is 341 g/mol. The Labute approximate surface area is 139 Å². The van der Waals surface area contributed by atoms with E-state index in [1.165, 1.54) is 7.11 Å². The molecule has 0 bridgehead atoms. The van der Waals surface area contributed by atoms with Crippen molar-refractivity contribution in [3.8, 4) is 5.75 Å². The van der Waals surface area contributed by atoms with Crippen molar-refractivity contribution in [1.82, 2.24) is 10.6 Å². The fraction of sp³-hybridized carbons (Fsp3) is 0.467. The molecule has 0 saturated carbocycles. The van der Waals surface area contributed by atoms with E-state index in [9.17, 15) is 14.7 Å². The lowest BCUT2D eigenvalue weighted by atomic mass is 10.2. The van der Waals surface area contributed by atoms with Crippen molar-refractivity contribution in [2.45, 2.75) is 25.0 Å². The summed E-state index contributed by atoms with van der Waals surface area (Å²) in [4.78, 5) is 23.8. The summed E-state index contributed by atoms with van der Waals surface area (Å²) in [6.45, 7) is 0.620. The first-order valence-corrected chi connectivity index (χ1v) is 7.70. The van der Waals surface area contributed by atoms with Crippen LogP contribution >= 0.6 is 11.6 Å². The molecule has 0 spiro atoms. The number of aliphatic hydroxyl groups excluding tert-OH is 1. The Morgan fingerprint density at radius 3 is 2.91 bits per heavy atom. The zero-order valence-corrected chi connectivity index (χ0v) is 13.5. The number of β-amino-alcohol motifs (C(OH)–C–C–N with tert-alkyl or cyclic N) is 1. The normalized spacial score (nSPS) is 20.1. The Hall–Kier alpha value is -1.83. The van der Waals surface area contributed by atoms with Gasteiger partial charge in [0.1, 0.15) is 5.75 Å². The maximum absolute atomic E-state index is 11.9. The highest BCUT2D eigenvalue weighted by atomic mass is 35.5. The second-order valence-corrected chi connectivity index (χ2v) is 5.72. The zero-order valence-electron chi connectivity index (χ0n) is 12.8. The highest BCUT2D eigenvalue weighted by molar-refractivity contribution is 6.31. The molecule has 1 aliphatic rings. The average molecular weight is 342 g/mol. The molecule has 2 amide bonds. The van der Waals surface area contributed by atoms with Crippen molar-refractivity contribution in [1.29, 1.82) is 0 Å². The highest BCUT2D eigenvalue weighted by Crippen LogP contribution is 2.27. The number of amides is 2. The molecule has 1 saturated heterocycles. The summed E-state index contributed by atoms with van der Waals surface area (Å²) in [5.41, 5.74) is 0.483. The number of ether oxygens (including phenoxy) is 1. The number of nitrogens with one attached hydrogen (secondary N) is 3. The molecule has 0 aliphatic carbocycles. The lowest BCUT2D eigenvalue weighted by Gasteiger charge is -2.12. The second-order valence-electron chi connectivity index (χ2n) is 5.28. The fourth-order valence-electron chi connectivity index (χ4n) is 2.33. The van der Waals surface area contributed by atoms with Crippen molar-refractivity contribution < 1.29 is 19.4 Å². The van der Waals surface area contributed by atoms with Gasteiger partial charge < -0.3 is 25.8 Å². The zero-order chi connectivity index (χ0) is 16.8. The number of hydrogen-bond donors (Lipinski definition) is 4. The Bertz CT molecular complexity index is 582. The van der Waals surface area contributed by atoms with Crippen LogP contribution in [0.15, 0.2) is 18.2 Å². The maximum atomic E-state index is 11.9. The highest BCUT2D eigenvalue weighted by Gasteiger charge is 2.27. The SMILES string of the molecule is COc1ccc(Cl)cc1NC(=O)CCNC(=O)C1CC(O)CN1. The molecule has 2 atom stereocenters. The van der Waals surface area contributed by atoms with Crippen LogP contribution in [0.4, 0.5) is 5.69 Å². The van der Waals surface area contributed by atoms with E-state index in [1.54, 1.807) is 18.2 Å². The van der Waals surface area contributed by atoms with Gasteiger partial charge in [0.05, 0.1) is 24.9 Å². The van der Waals surface area contributed by atoms with E-state index in [0.717, 1.165) is 0 Å². The van der Waals surface area contributed by atoms with Crippen LogP contribution in [-0.2, 0) is 9.59 Å². The molecule has 0 radical (unpaired) electrons. The summed E-state index contributed by atoms with van der Waals surface area (Å²) in [5, 5.41) is 18.1. The minimum Gasteiger partial charge on any atom is -0.495 e. The quantitative estimate of drug-likeness (QED) is 0.604. The predicted molar refractivity (Wildman–Crippen MR) is 86.7 cm³/mol. The number of anilines is 1. The van der Waals surface area contributed by atoms with Gasteiger partial charge in [-0.25, -0.2) is 0 Å². The van der Waals surface area contributed by atoms with Gasteiger partial charge in [-0.3, -0.25) is 9.59 Å². The molecular formula is C15H20ClN3O4. The van der Waals surface area contributed by atoms with Gasteiger partial charge in [0, 0.05) is 24.5 Å². The largest absolute Gasteiger partial charge is 0.495 e. The molecule has 1 aromatic rings. The molecule has 126 valence electrons. The number of aliphatic hydroxyl groups is 1. The van der Waals surface area contributed by atoms with Crippen molar-refractivity contribution >= 4 is 29.1 Å². The van der Waals surface area contributed by atoms with Gasteiger partial charge in [0.25, 0.3) is 0 Å². The first-order chi connectivity index (χ1) is 11.0. The van der Waals surface area contributed by atoms with Crippen LogP contribution in [0.2, 0.25) is 5.02 Å². The smallest absolute Gasteiger partial charge is 0.237 e. The van der Waals surface area contributed by atoms with Gasteiger partial charge in [0.15, 0.2) is 0 Å². The van der Waals surface area contributed by atoms with E-state index >= 15 is 0 Å². The summed E-state index contributed by atoms with van der Waals surface area (Å²) in [5.74, 6) is 0.0379. The number of hydrogen-bond acceptors (Lipinski definition) is 5. The molecule has 2 rings (SSSR count). The molecule has 2 unspecified atom stereocenters. The molecule has 4 N–H and O–H groups in total. The fourth-order valence-corrected chi connectivity index (χ4v) is 2.50. The van der Waals surface area contributed by atoms with E-state index in [1.807, 2.05) is 0 Å². The summed E-state index contributed by atoms with van der Waals surface area (Å²) < 4.78 is 5.15. The number of carbonyl (C=O) groups is 2. The van der Waals surface area contributed by atoms with Gasteiger partial charge >= 0.3 is 0 Å². The van der Waals surface area contributed by atoms with Crippen LogP contribution in [0.3, 0.4) is 0 Å². The number of benzene rings is 1. The topological polar surface area (TPSA) is 99.7 Å². The van der Waals surface area contributed by atoms with Crippen LogP contribution in [0, 0.1) is 0 Å². The standard InChI is InChI=1S/C15H20ClN3O4/c1-23-13-3-2-9(16)6-11(13)19-14(21)4-5-17-15(22)12-7-10(20)8-18-12/h2-3,6,10,12,18,20H,4-5,7-8H2,1H3,(H,17,22)(H,19,21). The van der Waals surface area contributed by atoms with E-state index in [0.29, 0.717) is 29.4 Å². The third kappa shape index (κ3) is 5.09. The van der Waals surface area contributed by atoms with Gasteiger partial charge in [-0.15, -0.1) is 0 Å². The number of halogens is 1. The number of rotatable bonds is 6. The van der Waals surface area contributed by atoms with Crippen LogP contribution in [0.25, 0.3) is 0 Å². The van der Waals surface area contributed by atoms with Gasteiger partial charge in [-0.05, 0) is 24.6 Å². The lowest BCUT2D eigenvalue weighted by molar-refractivity contribution is -0.123. The molecule has 8 heteroatoms. The van der Waals surface area contributed by atoms with Crippen molar-refractivity contribution in [2.75, 3.05) is 25.5 Å². The van der Waals surface area contributed by atoms with Crippen molar-refractivity contribution in [3.05, 3.63) is 23.2 Å². The Kier molecular flexibility index (Phi) is 6.20. The third-order valence-corrected chi connectivity index (χ3v) is 3.75.